The summed E-state index contributed by atoms with van der Waals surface area (Å²) in [4.78, 5) is 32.5. The van der Waals surface area contributed by atoms with Gasteiger partial charge in [-0.15, -0.1) is 0 Å². The molecule has 7 heteroatoms. The van der Waals surface area contributed by atoms with Gasteiger partial charge in [0.25, 0.3) is 5.91 Å². The normalized spacial score (nSPS) is 15.3. The Balaban J connectivity index is 1.62. The van der Waals surface area contributed by atoms with Crippen LogP contribution in [-0.2, 0) is 4.79 Å². The predicted octanol–water partition coefficient (Wildman–Crippen LogP) is 1.60. The molecule has 0 radical (unpaired) electrons. The summed E-state index contributed by atoms with van der Waals surface area (Å²) in [6.07, 6.45) is 3.08. The van der Waals surface area contributed by atoms with Crippen LogP contribution in [0.2, 0.25) is 0 Å². The minimum Gasteiger partial charge on any atom is -0.339 e. The topological polar surface area (TPSA) is 71.3 Å². The fourth-order valence-corrected chi connectivity index (χ4v) is 2.87. The van der Waals surface area contributed by atoms with Gasteiger partial charge in [0.1, 0.15) is 12.7 Å². The fraction of sp³-hybridized carbons (Fsp3) is 0.444. The molecule has 0 N–H and O–H groups in total. The van der Waals surface area contributed by atoms with Gasteiger partial charge in [-0.1, -0.05) is 20.8 Å². The molecule has 0 saturated carbocycles. The molecule has 0 unspecified atom stereocenters. The maximum atomic E-state index is 12.7. The van der Waals surface area contributed by atoms with Crippen molar-refractivity contribution >= 4 is 11.8 Å². The average Bonchev–Trinajstić information content (AvgIpc) is 3.14. The van der Waals surface area contributed by atoms with Crippen LogP contribution in [0.25, 0.3) is 5.69 Å². The number of nitrogens with zero attached hydrogens (tertiary/aromatic N) is 5. The van der Waals surface area contributed by atoms with E-state index < -0.39 is 0 Å². The summed E-state index contributed by atoms with van der Waals surface area (Å²) in [5.41, 5.74) is 1.11. The molecule has 1 fully saturated rings. The van der Waals surface area contributed by atoms with Gasteiger partial charge in [-0.25, -0.2) is 9.67 Å². The van der Waals surface area contributed by atoms with Crippen LogP contribution in [0.15, 0.2) is 36.9 Å². The van der Waals surface area contributed by atoms with Crippen molar-refractivity contribution in [2.24, 2.45) is 5.41 Å². The highest BCUT2D eigenvalue weighted by atomic mass is 16.2. The molecular weight excluding hydrogens is 318 g/mol. The Bertz CT molecular complexity index is 739. The lowest BCUT2D eigenvalue weighted by Gasteiger charge is -2.37. The van der Waals surface area contributed by atoms with Crippen molar-refractivity contribution in [2.75, 3.05) is 26.2 Å². The Morgan fingerprint density at radius 3 is 2.08 bits per heavy atom. The zero-order chi connectivity index (χ0) is 18.0. The standard InChI is InChI=1S/C18H23N5O2/c1-18(2,3)17(25)22-10-8-21(9-11-22)16(24)14-4-6-15(7-5-14)23-13-19-12-20-23/h4-7,12-13H,8-11H2,1-3H3. The van der Waals surface area contributed by atoms with Gasteiger partial charge in [-0.05, 0) is 24.3 Å². The maximum Gasteiger partial charge on any atom is 0.253 e. The number of hydrogen-bond donors (Lipinski definition) is 0. The molecule has 0 bridgehead atoms. The quantitative estimate of drug-likeness (QED) is 0.832. The van der Waals surface area contributed by atoms with Gasteiger partial charge in [-0.2, -0.15) is 5.10 Å². The van der Waals surface area contributed by atoms with E-state index >= 15 is 0 Å². The highest BCUT2D eigenvalue weighted by molar-refractivity contribution is 5.94. The minimum absolute atomic E-state index is 0.00648. The van der Waals surface area contributed by atoms with Crippen LogP contribution in [0.1, 0.15) is 31.1 Å². The second-order valence-corrected chi connectivity index (χ2v) is 7.22. The Hall–Kier alpha value is -2.70. The van der Waals surface area contributed by atoms with Gasteiger partial charge >= 0.3 is 0 Å². The monoisotopic (exact) mass is 341 g/mol. The molecular formula is C18H23N5O2. The third kappa shape index (κ3) is 3.70. The third-order valence-electron chi connectivity index (χ3n) is 4.29. The maximum absolute atomic E-state index is 12.7. The summed E-state index contributed by atoms with van der Waals surface area (Å²) in [6, 6.07) is 7.29. The van der Waals surface area contributed by atoms with Gasteiger partial charge in [0.05, 0.1) is 5.69 Å². The Morgan fingerprint density at radius 1 is 0.960 bits per heavy atom. The van der Waals surface area contributed by atoms with E-state index in [9.17, 15) is 9.59 Å². The lowest BCUT2D eigenvalue weighted by atomic mass is 9.94. The average molecular weight is 341 g/mol. The second-order valence-electron chi connectivity index (χ2n) is 7.22. The van der Waals surface area contributed by atoms with Crippen LogP contribution in [0.5, 0.6) is 0 Å². The van der Waals surface area contributed by atoms with Crippen LogP contribution in [-0.4, -0.2) is 62.6 Å². The number of piperazine rings is 1. The molecule has 0 atom stereocenters. The number of carbonyl (C=O) groups excluding carboxylic acids is 2. The molecule has 0 aliphatic carbocycles. The molecule has 1 aromatic carbocycles. The molecule has 25 heavy (non-hydrogen) atoms. The molecule has 0 spiro atoms. The van der Waals surface area contributed by atoms with Crippen LogP contribution < -0.4 is 0 Å². The summed E-state index contributed by atoms with van der Waals surface area (Å²) < 4.78 is 1.64. The summed E-state index contributed by atoms with van der Waals surface area (Å²) in [6.45, 7) is 8.05. The van der Waals surface area contributed by atoms with Crippen molar-refractivity contribution in [2.45, 2.75) is 20.8 Å². The first-order valence-electron chi connectivity index (χ1n) is 8.40. The zero-order valence-electron chi connectivity index (χ0n) is 14.8. The largest absolute Gasteiger partial charge is 0.339 e. The van der Waals surface area contributed by atoms with Gasteiger partial charge in [-0.3, -0.25) is 9.59 Å². The number of carbonyl (C=O) groups is 2. The molecule has 3 rings (SSSR count). The smallest absolute Gasteiger partial charge is 0.253 e. The number of aromatic nitrogens is 3. The van der Waals surface area contributed by atoms with Crippen LogP contribution in [0, 0.1) is 5.41 Å². The molecule has 1 aliphatic rings. The van der Waals surface area contributed by atoms with Crippen molar-refractivity contribution in [1.82, 2.24) is 24.6 Å². The number of benzene rings is 1. The summed E-state index contributed by atoms with van der Waals surface area (Å²) in [7, 11) is 0. The Labute approximate surface area is 147 Å². The van der Waals surface area contributed by atoms with Gasteiger partial charge in [0.2, 0.25) is 5.91 Å². The van der Waals surface area contributed by atoms with Gasteiger partial charge in [0, 0.05) is 37.2 Å². The third-order valence-corrected chi connectivity index (χ3v) is 4.29. The molecule has 132 valence electrons. The van der Waals surface area contributed by atoms with E-state index in [1.54, 1.807) is 28.0 Å². The molecule has 1 aliphatic heterocycles. The molecule has 7 nitrogen and oxygen atoms in total. The number of amides is 2. The van der Waals surface area contributed by atoms with Crippen LogP contribution in [0.3, 0.4) is 0 Å². The van der Waals surface area contributed by atoms with E-state index in [1.165, 1.54) is 6.33 Å². The van der Waals surface area contributed by atoms with Crippen molar-refractivity contribution in [3.8, 4) is 5.69 Å². The van der Waals surface area contributed by atoms with Crippen molar-refractivity contribution in [3.05, 3.63) is 42.5 Å². The first-order chi connectivity index (χ1) is 11.9. The van der Waals surface area contributed by atoms with E-state index in [1.807, 2.05) is 37.8 Å². The lowest BCUT2D eigenvalue weighted by Crippen LogP contribution is -2.53. The van der Waals surface area contributed by atoms with E-state index in [4.69, 9.17) is 0 Å². The number of hydrogen-bond acceptors (Lipinski definition) is 4. The summed E-state index contributed by atoms with van der Waals surface area (Å²) >= 11 is 0. The van der Waals surface area contributed by atoms with Gasteiger partial charge < -0.3 is 9.80 Å². The molecule has 1 saturated heterocycles. The molecule has 2 amide bonds. The van der Waals surface area contributed by atoms with E-state index in [0.29, 0.717) is 31.7 Å². The highest BCUT2D eigenvalue weighted by Crippen LogP contribution is 2.19. The Morgan fingerprint density at radius 2 is 1.56 bits per heavy atom. The lowest BCUT2D eigenvalue weighted by molar-refractivity contribution is -0.140. The molecule has 2 heterocycles. The second kappa shape index (κ2) is 6.66. The summed E-state index contributed by atoms with van der Waals surface area (Å²) in [5.74, 6) is 0.129. The minimum atomic E-state index is -0.386. The molecule has 1 aromatic heterocycles. The highest BCUT2D eigenvalue weighted by Gasteiger charge is 2.31. The SMILES string of the molecule is CC(C)(C)C(=O)N1CCN(C(=O)c2ccc(-n3cncn3)cc2)CC1. The Kier molecular flexibility index (Phi) is 4.57. The van der Waals surface area contributed by atoms with Crippen molar-refractivity contribution in [1.29, 1.82) is 0 Å². The summed E-state index contributed by atoms with van der Waals surface area (Å²) in [5, 5.41) is 4.07. The van der Waals surface area contributed by atoms with E-state index in [2.05, 4.69) is 10.1 Å². The van der Waals surface area contributed by atoms with Gasteiger partial charge in [0.15, 0.2) is 0 Å². The molecule has 2 aromatic rings. The predicted molar refractivity (Wildman–Crippen MR) is 93.3 cm³/mol. The van der Waals surface area contributed by atoms with Crippen molar-refractivity contribution in [3.63, 3.8) is 0 Å². The van der Waals surface area contributed by atoms with Crippen molar-refractivity contribution < 1.29 is 9.59 Å². The van der Waals surface area contributed by atoms with E-state index in [-0.39, 0.29) is 17.2 Å². The first-order valence-corrected chi connectivity index (χ1v) is 8.40. The fourth-order valence-electron chi connectivity index (χ4n) is 2.87. The van der Waals surface area contributed by atoms with Crippen LogP contribution >= 0.6 is 0 Å². The first kappa shape index (κ1) is 17.1. The van der Waals surface area contributed by atoms with E-state index in [0.717, 1.165) is 5.69 Å². The number of rotatable bonds is 2. The van der Waals surface area contributed by atoms with Crippen LogP contribution in [0.4, 0.5) is 0 Å². The zero-order valence-corrected chi connectivity index (χ0v) is 14.8.